The Labute approximate surface area is 210 Å². The van der Waals surface area contributed by atoms with Crippen LogP contribution >= 0.6 is 0 Å². The van der Waals surface area contributed by atoms with E-state index < -0.39 is 4.92 Å². The molecule has 11 nitrogen and oxygen atoms in total. The van der Waals surface area contributed by atoms with Crippen LogP contribution in [0.3, 0.4) is 0 Å². The predicted molar refractivity (Wildman–Crippen MR) is 129 cm³/mol. The summed E-state index contributed by atoms with van der Waals surface area (Å²) in [5.41, 5.74) is 0.540. The Bertz CT molecular complexity index is 848. The highest BCUT2D eigenvalue weighted by Gasteiger charge is 2.05. The lowest BCUT2D eigenvalue weighted by Crippen LogP contribution is -2.15. The molecule has 0 aromatic heterocycles. The molecule has 0 aliphatic rings. The van der Waals surface area contributed by atoms with Gasteiger partial charge in [-0.1, -0.05) is 18.2 Å². The van der Waals surface area contributed by atoms with Crippen molar-refractivity contribution in [3.05, 3.63) is 70.3 Å². The summed E-state index contributed by atoms with van der Waals surface area (Å²) in [6, 6.07) is 14.7. The quantitative estimate of drug-likeness (QED) is 0.108. The van der Waals surface area contributed by atoms with Crippen LogP contribution in [0.2, 0.25) is 0 Å². The highest BCUT2D eigenvalue weighted by atomic mass is 16.6. The number of esters is 1. The van der Waals surface area contributed by atoms with Crippen molar-refractivity contribution in [2.24, 2.45) is 0 Å². The molecule has 2 aromatic rings. The average molecular weight is 508 g/mol. The summed E-state index contributed by atoms with van der Waals surface area (Å²) in [6.45, 7) is 4.74. The highest BCUT2D eigenvalue weighted by molar-refractivity contribution is 5.89. The number of hydrogen-bond acceptors (Lipinski definition) is 10. The van der Waals surface area contributed by atoms with Crippen LogP contribution in [0, 0.1) is 10.1 Å². The number of nitro benzene ring substituents is 1. The molecule has 11 heteroatoms. The molecule has 0 aliphatic heterocycles. The molecule has 2 rings (SSSR count). The van der Waals surface area contributed by atoms with Crippen LogP contribution in [0.4, 0.5) is 5.69 Å². The summed E-state index contributed by atoms with van der Waals surface area (Å²) in [5, 5.41) is 10.6. The average Bonchev–Trinajstić information content (AvgIpc) is 2.90. The van der Waals surface area contributed by atoms with E-state index in [4.69, 9.17) is 33.2 Å². The molecule has 0 saturated heterocycles. The maximum atomic E-state index is 11.7. The van der Waals surface area contributed by atoms with E-state index in [1.165, 1.54) is 12.1 Å². The Morgan fingerprint density at radius 1 is 0.611 bits per heavy atom. The Hall–Kier alpha value is -3.09. The summed E-state index contributed by atoms with van der Waals surface area (Å²) < 4.78 is 37.5. The fourth-order valence-electron chi connectivity index (χ4n) is 2.72. The number of nitro groups is 1. The third kappa shape index (κ3) is 13.7. The summed E-state index contributed by atoms with van der Waals surface area (Å²) in [5.74, 6) is 0.187. The number of carbonyl (C=O) groups excluding carboxylic acids is 1. The largest absolute Gasteiger partial charge is 0.491 e. The highest BCUT2D eigenvalue weighted by Crippen LogP contribution is 2.17. The Morgan fingerprint density at radius 2 is 1.06 bits per heavy atom. The summed E-state index contributed by atoms with van der Waals surface area (Å²) in [4.78, 5) is 21.9. The SMILES string of the molecule is O=C(OCCOCCOCCOCCOCCOCCOc1ccc([N+](=O)[O-])cc1)c1ccccc1. The second-order valence-electron chi connectivity index (χ2n) is 7.16. The third-order valence-electron chi connectivity index (χ3n) is 4.50. The van der Waals surface area contributed by atoms with Crippen LogP contribution in [-0.2, 0) is 28.4 Å². The van der Waals surface area contributed by atoms with Gasteiger partial charge in [-0.05, 0) is 24.3 Å². The van der Waals surface area contributed by atoms with Crippen molar-refractivity contribution < 1.29 is 42.9 Å². The molecule has 0 spiro atoms. The van der Waals surface area contributed by atoms with E-state index in [1.54, 1.807) is 36.4 Å². The van der Waals surface area contributed by atoms with E-state index in [-0.39, 0.29) is 18.3 Å². The first-order valence-corrected chi connectivity index (χ1v) is 11.6. The van der Waals surface area contributed by atoms with Gasteiger partial charge in [0.2, 0.25) is 0 Å². The van der Waals surface area contributed by atoms with E-state index in [1.807, 2.05) is 6.07 Å². The first-order chi connectivity index (χ1) is 17.7. The normalized spacial score (nSPS) is 10.8. The van der Waals surface area contributed by atoms with Crippen molar-refractivity contribution >= 4 is 11.7 Å². The number of ether oxygens (including phenoxy) is 7. The number of carbonyl (C=O) groups is 1. The van der Waals surface area contributed by atoms with Gasteiger partial charge < -0.3 is 33.2 Å². The van der Waals surface area contributed by atoms with Crippen LogP contribution in [0.15, 0.2) is 54.6 Å². The minimum Gasteiger partial charge on any atom is -0.491 e. The first-order valence-electron chi connectivity index (χ1n) is 11.6. The molecule has 0 N–H and O–H groups in total. The third-order valence-corrected chi connectivity index (χ3v) is 4.50. The summed E-state index contributed by atoms with van der Waals surface area (Å²) in [6.07, 6.45) is 0. The van der Waals surface area contributed by atoms with Gasteiger partial charge in [-0.25, -0.2) is 4.79 Å². The number of nitrogens with zero attached hydrogens (tertiary/aromatic N) is 1. The molecule has 0 heterocycles. The second kappa shape index (κ2) is 19.1. The van der Waals surface area contributed by atoms with Gasteiger partial charge in [0.15, 0.2) is 0 Å². The maximum Gasteiger partial charge on any atom is 0.338 e. The zero-order valence-electron chi connectivity index (χ0n) is 20.2. The van der Waals surface area contributed by atoms with Crippen molar-refractivity contribution in [1.82, 2.24) is 0 Å². The van der Waals surface area contributed by atoms with Crippen molar-refractivity contribution in [3.8, 4) is 5.75 Å². The predicted octanol–water partition coefficient (Wildman–Crippen LogP) is 2.91. The van der Waals surface area contributed by atoms with Crippen LogP contribution in [-0.4, -0.2) is 90.2 Å². The molecule has 0 atom stereocenters. The van der Waals surface area contributed by atoms with Gasteiger partial charge in [-0.15, -0.1) is 0 Å². The van der Waals surface area contributed by atoms with Gasteiger partial charge in [0, 0.05) is 12.1 Å². The molecule has 36 heavy (non-hydrogen) atoms. The Morgan fingerprint density at radius 3 is 1.53 bits per heavy atom. The zero-order valence-corrected chi connectivity index (χ0v) is 20.2. The number of rotatable bonds is 21. The van der Waals surface area contributed by atoms with E-state index in [2.05, 4.69) is 0 Å². The van der Waals surface area contributed by atoms with Crippen LogP contribution in [0.5, 0.6) is 5.75 Å². The number of benzene rings is 2. The van der Waals surface area contributed by atoms with Crippen LogP contribution in [0.25, 0.3) is 0 Å². The molecule has 0 bridgehead atoms. The lowest BCUT2D eigenvalue weighted by Gasteiger charge is -2.09. The van der Waals surface area contributed by atoms with E-state index in [9.17, 15) is 14.9 Å². The number of non-ortho nitro benzene ring substituents is 1. The minimum absolute atomic E-state index is 0.0227. The molecule has 2 aromatic carbocycles. The molecule has 0 saturated carbocycles. The fourth-order valence-corrected chi connectivity index (χ4v) is 2.72. The van der Waals surface area contributed by atoms with Gasteiger partial charge >= 0.3 is 5.97 Å². The van der Waals surface area contributed by atoms with Crippen molar-refractivity contribution in [3.63, 3.8) is 0 Å². The molecular weight excluding hydrogens is 474 g/mol. The van der Waals surface area contributed by atoms with Gasteiger partial charge in [-0.2, -0.15) is 0 Å². The minimum atomic E-state index is -0.457. The van der Waals surface area contributed by atoms with Gasteiger partial charge in [0.05, 0.1) is 76.6 Å². The van der Waals surface area contributed by atoms with Crippen LogP contribution in [0.1, 0.15) is 10.4 Å². The summed E-state index contributed by atoms with van der Waals surface area (Å²) >= 11 is 0. The topological polar surface area (TPSA) is 125 Å². The second-order valence-corrected chi connectivity index (χ2v) is 7.16. The molecule has 198 valence electrons. The van der Waals surface area contributed by atoms with Crippen molar-refractivity contribution in [2.45, 2.75) is 0 Å². The molecule has 0 aliphatic carbocycles. The number of hydrogen-bond donors (Lipinski definition) is 0. The Balaban J connectivity index is 1.26. The molecular formula is C25H33NO10. The van der Waals surface area contributed by atoms with Gasteiger partial charge in [-0.3, -0.25) is 10.1 Å². The smallest absolute Gasteiger partial charge is 0.338 e. The van der Waals surface area contributed by atoms with Gasteiger partial charge in [0.1, 0.15) is 19.0 Å². The van der Waals surface area contributed by atoms with Crippen molar-refractivity contribution in [1.29, 1.82) is 0 Å². The van der Waals surface area contributed by atoms with E-state index in [0.717, 1.165) is 0 Å². The maximum absolute atomic E-state index is 11.7. The monoisotopic (exact) mass is 507 g/mol. The van der Waals surface area contributed by atoms with Crippen molar-refractivity contribution in [2.75, 3.05) is 79.3 Å². The Kier molecular flexibility index (Phi) is 15.5. The van der Waals surface area contributed by atoms with E-state index >= 15 is 0 Å². The lowest BCUT2D eigenvalue weighted by molar-refractivity contribution is -0.384. The van der Waals surface area contributed by atoms with Gasteiger partial charge in [0.25, 0.3) is 5.69 Å². The summed E-state index contributed by atoms with van der Waals surface area (Å²) in [7, 11) is 0. The zero-order chi connectivity index (χ0) is 25.7. The molecule has 0 amide bonds. The first kappa shape index (κ1) is 29.1. The van der Waals surface area contributed by atoms with Crippen LogP contribution < -0.4 is 4.74 Å². The molecule has 0 unspecified atom stereocenters. The molecule has 0 fully saturated rings. The standard InChI is InChI=1S/C25H33NO10/c27-25(22-4-2-1-3-5-22)36-21-19-34-17-15-32-13-11-30-10-12-31-14-16-33-18-20-35-24-8-6-23(7-9-24)26(28)29/h1-9H,10-21H2. The van der Waals surface area contributed by atoms with E-state index in [0.29, 0.717) is 84.0 Å². The lowest BCUT2D eigenvalue weighted by atomic mass is 10.2. The fraction of sp³-hybridized carbons (Fsp3) is 0.480. The molecule has 0 radical (unpaired) electrons.